The van der Waals surface area contributed by atoms with E-state index in [1.807, 2.05) is 12.1 Å². The van der Waals surface area contributed by atoms with Crippen LogP contribution in [0, 0.1) is 12.7 Å². The van der Waals surface area contributed by atoms with Crippen LogP contribution >= 0.6 is 11.8 Å². The summed E-state index contributed by atoms with van der Waals surface area (Å²) in [5.74, 6) is 0.618. The van der Waals surface area contributed by atoms with Crippen LogP contribution < -0.4 is 9.64 Å². The van der Waals surface area contributed by atoms with Crippen molar-refractivity contribution in [3.63, 3.8) is 0 Å². The second-order valence-electron chi connectivity index (χ2n) is 5.78. The number of anilines is 1. The lowest BCUT2D eigenvalue weighted by Crippen LogP contribution is -2.37. The van der Waals surface area contributed by atoms with Crippen LogP contribution in [0.5, 0.6) is 5.75 Å². The molecular formula is C19H20FNO2S. The van der Waals surface area contributed by atoms with Gasteiger partial charge in [-0.3, -0.25) is 4.79 Å². The van der Waals surface area contributed by atoms with Crippen molar-refractivity contribution in [2.45, 2.75) is 24.7 Å². The SMILES string of the molecule is COc1ccc(C)c2c1N(C(=O)CSc1ccccc1F)CCC2. The molecule has 1 aliphatic rings. The van der Waals surface area contributed by atoms with E-state index < -0.39 is 0 Å². The Balaban J connectivity index is 1.82. The molecule has 0 atom stereocenters. The van der Waals surface area contributed by atoms with Crippen LogP contribution in [0.2, 0.25) is 0 Å². The fourth-order valence-electron chi connectivity index (χ4n) is 3.05. The summed E-state index contributed by atoms with van der Waals surface area (Å²) < 4.78 is 19.2. The molecule has 126 valence electrons. The van der Waals surface area contributed by atoms with E-state index in [-0.39, 0.29) is 17.5 Å². The highest BCUT2D eigenvalue weighted by molar-refractivity contribution is 8.00. The number of rotatable bonds is 4. The molecule has 0 saturated carbocycles. The zero-order valence-corrected chi connectivity index (χ0v) is 14.7. The number of halogens is 1. The molecule has 3 rings (SSSR count). The van der Waals surface area contributed by atoms with Crippen molar-refractivity contribution >= 4 is 23.4 Å². The molecule has 0 fully saturated rings. The van der Waals surface area contributed by atoms with Gasteiger partial charge in [0.15, 0.2) is 0 Å². The Hall–Kier alpha value is -2.01. The van der Waals surface area contributed by atoms with Gasteiger partial charge < -0.3 is 9.64 Å². The lowest BCUT2D eigenvalue weighted by Gasteiger charge is -2.32. The first kappa shape index (κ1) is 16.8. The Bertz CT molecular complexity index is 763. The topological polar surface area (TPSA) is 29.5 Å². The number of thioether (sulfide) groups is 1. The quantitative estimate of drug-likeness (QED) is 0.777. The second-order valence-corrected chi connectivity index (χ2v) is 6.80. The molecule has 0 N–H and O–H groups in total. The van der Waals surface area contributed by atoms with Crippen LogP contribution in [0.25, 0.3) is 0 Å². The largest absolute Gasteiger partial charge is 0.495 e. The Morgan fingerprint density at radius 2 is 2.08 bits per heavy atom. The maximum atomic E-state index is 13.7. The first-order valence-corrected chi connectivity index (χ1v) is 8.94. The number of methoxy groups -OCH3 is 1. The number of hydrogen-bond acceptors (Lipinski definition) is 3. The van der Waals surface area contributed by atoms with E-state index in [0.717, 1.165) is 24.3 Å². The van der Waals surface area contributed by atoms with Gasteiger partial charge in [0, 0.05) is 11.4 Å². The molecule has 0 unspecified atom stereocenters. The van der Waals surface area contributed by atoms with Crippen LogP contribution in [-0.2, 0) is 11.2 Å². The molecular weight excluding hydrogens is 325 g/mol. The maximum absolute atomic E-state index is 13.7. The minimum atomic E-state index is -0.289. The summed E-state index contributed by atoms with van der Waals surface area (Å²) in [5, 5.41) is 0. The minimum absolute atomic E-state index is 0.0203. The van der Waals surface area contributed by atoms with Crippen LogP contribution in [0.3, 0.4) is 0 Å². The first-order valence-electron chi connectivity index (χ1n) is 7.96. The lowest BCUT2D eigenvalue weighted by molar-refractivity contribution is -0.116. The zero-order valence-electron chi connectivity index (χ0n) is 13.8. The van der Waals surface area contributed by atoms with E-state index in [2.05, 4.69) is 6.92 Å². The van der Waals surface area contributed by atoms with E-state index in [1.165, 1.54) is 29.0 Å². The first-order chi connectivity index (χ1) is 11.6. The summed E-state index contributed by atoms with van der Waals surface area (Å²) >= 11 is 1.23. The molecule has 2 aromatic carbocycles. The third kappa shape index (κ3) is 3.26. The predicted octanol–water partition coefficient (Wildman–Crippen LogP) is 4.21. The molecule has 1 heterocycles. The summed E-state index contributed by atoms with van der Waals surface area (Å²) in [6.07, 6.45) is 1.87. The Kier molecular flexibility index (Phi) is 5.09. The molecule has 1 aliphatic heterocycles. The number of fused-ring (bicyclic) bond motifs is 1. The van der Waals surface area contributed by atoms with Crippen LogP contribution in [0.15, 0.2) is 41.3 Å². The Labute approximate surface area is 145 Å². The summed E-state index contributed by atoms with van der Waals surface area (Å²) in [7, 11) is 1.62. The van der Waals surface area contributed by atoms with Gasteiger partial charge in [0.1, 0.15) is 11.6 Å². The van der Waals surface area contributed by atoms with Crippen LogP contribution in [-0.4, -0.2) is 25.3 Å². The van der Waals surface area contributed by atoms with E-state index in [9.17, 15) is 9.18 Å². The monoisotopic (exact) mass is 345 g/mol. The highest BCUT2D eigenvalue weighted by atomic mass is 32.2. The maximum Gasteiger partial charge on any atom is 0.237 e. The van der Waals surface area contributed by atoms with Crippen molar-refractivity contribution < 1.29 is 13.9 Å². The summed E-state index contributed by atoms with van der Waals surface area (Å²) in [6, 6.07) is 10.5. The van der Waals surface area contributed by atoms with Crippen molar-refractivity contribution in [1.29, 1.82) is 0 Å². The predicted molar refractivity (Wildman–Crippen MR) is 95.5 cm³/mol. The van der Waals surface area contributed by atoms with Gasteiger partial charge in [-0.25, -0.2) is 4.39 Å². The lowest BCUT2D eigenvalue weighted by atomic mass is 9.96. The summed E-state index contributed by atoms with van der Waals surface area (Å²) in [5.41, 5.74) is 3.22. The number of amides is 1. The highest BCUT2D eigenvalue weighted by Crippen LogP contribution is 2.38. The number of hydrogen-bond donors (Lipinski definition) is 0. The molecule has 0 aliphatic carbocycles. The van der Waals surface area contributed by atoms with E-state index in [4.69, 9.17) is 4.74 Å². The minimum Gasteiger partial charge on any atom is -0.495 e. The van der Waals surface area contributed by atoms with Crippen molar-refractivity contribution in [3.8, 4) is 5.75 Å². The molecule has 2 aromatic rings. The number of carbonyl (C=O) groups excluding carboxylic acids is 1. The van der Waals surface area contributed by atoms with Gasteiger partial charge in [-0.05, 0) is 49.1 Å². The standard InChI is InChI=1S/C19H20FNO2S/c1-13-9-10-16(23-2)19-14(13)6-5-11-21(19)18(22)12-24-17-8-4-3-7-15(17)20/h3-4,7-10H,5-6,11-12H2,1-2H3. The van der Waals surface area contributed by atoms with Crippen molar-refractivity contribution in [3.05, 3.63) is 53.3 Å². The third-order valence-corrected chi connectivity index (χ3v) is 5.30. The summed E-state index contributed by atoms with van der Waals surface area (Å²) in [6.45, 7) is 2.73. The van der Waals surface area contributed by atoms with Gasteiger partial charge in [0.25, 0.3) is 0 Å². The molecule has 24 heavy (non-hydrogen) atoms. The molecule has 5 heteroatoms. The smallest absolute Gasteiger partial charge is 0.237 e. The highest BCUT2D eigenvalue weighted by Gasteiger charge is 2.27. The van der Waals surface area contributed by atoms with Crippen molar-refractivity contribution in [2.24, 2.45) is 0 Å². The average molecular weight is 345 g/mol. The van der Waals surface area contributed by atoms with Crippen LogP contribution in [0.1, 0.15) is 17.5 Å². The number of benzene rings is 2. The van der Waals surface area contributed by atoms with E-state index >= 15 is 0 Å². The fraction of sp³-hybridized carbons (Fsp3) is 0.316. The molecule has 0 saturated heterocycles. The third-order valence-electron chi connectivity index (χ3n) is 4.27. The van der Waals surface area contributed by atoms with Gasteiger partial charge in [-0.2, -0.15) is 0 Å². The van der Waals surface area contributed by atoms with Crippen LogP contribution in [0.4, 0.5) is 10.1 Å². The van der Waals surface area contributed by atoms with Gasteiger partial charge in [0.05, 0.1) is 18.6 Å². The van der Waals surface area contributed by atoms with Gasteiger partial charge in [0.2, 0.25) is 5.91 Å². The average Bonchev–Trinajstić information content (AvgIpc) is 2.61. The van der Waals surface area contributed by atoms with Gasteiger partial charge in [-0.15, -0.1) is 11.8 Å². The van der Waals surface area contributed by atoms with Crippen molar-refractivity contribution in [2.75, 3.05) is 24.3 Å². The van der Waals surface area contributed by atoms with Gasteiger partial charge in [-0.1, -0.05) is 18.2 Å². The zero-order chi connectivity index (χ0) is 17.1. The molecule has 3 nitrogen and oxygen atoms in total. The Morgan fingerprint density at radius 3 is 2.83 bits per heavy atom. The van der Waals surface area contributed by atoms with E-state index in [1.54, 1.807) is 30.2 Å². The number of ether oxygens (including phenoxy) is 1. The molecule has 0 radical (unpaired) electrons. The molecule has 0 aromatic heterocycles. The number of nitrogens with zero attached hydrogens (tertiary/aromatic N) is 1. The molecule has 0 bridgehead atoms. The van der Waals surface area contributed by atoms with Gasteiger partial charge >= 0.3 is 0 Å². The molecule has 1 amide bonds. The van der Waals surface area contributed by atoms with Crippen molar-refractivity contribution in [1.82, 2.24) is 0 Å². The molecule has 0 spiro atoms. The Morgan fingerprint density at radius 1 is 1.29 bits per heavy atom. The summed E-state index contributed by atoms with van der Waals surface area (Å²) in [4.78, 5) is 15.0. The normalized spacial score (nSPS) is 13.5. The second kappa shape index (κ2) is 7.26. The number of carbonyl (C=O) groups is 1. The number of aryl methyl sites for hydroxylation is 1. The van der Waals surface area contributed by atoms with E-state index in [0.29, 0.717) is 11.4 Å². The fourth-order valence-corrected chi connectivity index (χ4v) is 3.86.